The zero-order chi connectivity index (χ0) is 20.0. The molecule has 1 aliphatic rings. The number of hydrogen-bond donors (Lipinski definition) is 0. The summed E-state index contributed by atoms with van der Waals surface area (Å²) in [6, 6.07) is 0. The van der Waals surface area contributed by atoms with E-state index in [1.807, 2.05) is 17.3 Å². The van der Waals surface area contributed by atoms with Crippen LogP contribution in [0.2, 0.25) is 0 Å². The summed E-state index contributed by atoms with van der Waals surface area (Å²) in [5.41, 5.74) is 0. The Morgan fingerprint density at radius 1 is 0.778 bits per heavy atom. The van der Waals surface area contributed by atoms with Gasteiger partial charge in [0.05, 0.1) is 13.2 Å². The number of phosphoric acid groups is 1. The third kappa shape index (κ3) is 9.47. The molecule has 1 atom stereocenters. The maximum Gasteiger partial charge on any atom is 0.478 e. The van der Waals surface area contributed by atoms with Crippen LogP contribution in [0.1, 0.15) is 85.5 Å². The third-order valence-electron chi connectivity index (χ3n) is 4.62. The zero-order valence-corrected chi connectivity index (χ0v) is 18.8. The van der Waals surface area contributed by atoms with E-state index in [0.717, 1.165) is 45.2 Å². The summed E-state index contributed by atoms with van der Waals surface area (Å²) in [6.07, 6.45) is 13.3. The van der Waals surface area contributed by atoms with Gasteiger partial charge in [0.2, 0.25) is 6.35 Å². The molecule has 0 radical (unpaired) electrons. The molecule has 6 nitrogen and oxygen atoms in total. The Kier molecular flexibility index (Phi) is 13.1. The lowest BCUT2D eigenvalue weighted by Crippen LogP contribution is -2.40. The molecule has 0 N–H and O–H groups in total. The van der Waals surface area contributed by atoms with Gasteiger partial charge in [-0.3, -0.25) is 9.05 Å². The molecule has 1 rings (SSSR count). The Hall–Kier alpha value is -0.550. The summed E-state index contributed by atoms with van der Waals surface area (Å²) >= 11 is 0. The van der Waals surface area contributed by atoms with E-state index in [9.17, 15) is 4.57 Å². The van der Waals surface area contributed by atoms with Gasteiger partial charge in [-0.15, -0.1) is 0 Å². The van der Waals surface area contributed by atoms with Gasteiger partial charge < -0.3 is 9.80 Å². The van der Waals surface area contributed by atoms with Crippen molar-refractivity contribution in [2.75, 3.05) is 26.3 Å². The van der Waals surface area contributed by atoms with Gasteiger partial charge in [-0.1, -0.05) is 59.3 Å². The molecule has 1 aliphatic heterocycles. The topological polar surface area (TPSA) is 51.2 Å². The lowest BCUT2D eigenvalue weighted by atomic mass is 10.1. The Morgan fingerprint density at radius 2 is 1.33 bits per heavy atom. The van der Waals surface area contributed by atoms with Crippen LogP contribution in [0.3, 0.4) is 0 Å². The summed E-state index contributed by atoms with van der Waals surface area (Å²) in [5.74, 6) is 0. The predicted octanol–water partition coefficient (Wildman–Crippen LogP) is 6.11. The second-order valence-electron chi connectivity index (χ2n) is 7.03. The van der Waals surface area contributed by atoms with E-state index < -0.39 is 14.2 Å². The van der Waals surface area contributed by atoms with Gasteiger partial charge in [0.1, 0.15) is 0 Å². The monoisotopic (exact) mass is 404 g/mol. The van der Waals surface area contributed by atoms with Gasteiger partial charge in [-0.2, -0.15) is 0 Å². The molecule has 0 bridgehead atoms. The van der Waals surface area contributed by atoms with Crippen molar-refractivity contribution >= 4 is 7.82 Å². The van der Waals surface area contributed by atoms with Gasteiger partial charge in [0, 0.05) is 25.5 Å². The van der Waals surface area contributed by atoms with E-state index in [2.05, 4.69) is 32.6 Å². The van der Waals surface area contributed by atoms with E-state index in [0.29, 0.717) is 13.2 Å². The summed E-state index contributed by atoms with van der Waals surface area (Å²) in [4.78, 5) is 4.14. The predicted molar refractivity (Wildman–Crippen MR) is 111 cm³/mol. The highest BCUT2D eigenvalue weighted by molar-refractivity contribution is 7.48. The minimum atomic E-state index is -3.59. The molecule has 160 valence electrons. The lowest BCUT2D eigenvalue weighted by molar-refractivity contribution is -0.0537. The van der Waals surface area contributed by atoms with Crippen molar-refractivity contribution in [3.63, 3.8) is 0 Å². The highest BCUT2D eigenvalue weighted by atomic mass is 31.2. The molecule has 1 heterocycles. The average Bonchev–Trinajstić information content (AvgIpc) is 3.03. The summed E-state index contributed by atoms with van der Waals surface area (Å²) < 4.78 is 30.4. The molecule has 0 saturated carbocycles. The first-order valence-electron chi connectivity index (χ1n) is 10.9. The molecule has 27 heavy (non-hydrogen) atoms. The molecule has 0 aromatic heterocycles. The van der Waals surface area contributed by atoms with Crippen LogP contribution in [0.15, 0.2) is 12.4 Å². The van der Waals surface area contributed by atoms with Crippen molar-refractivity contribution < 1.29 is 18.1 Å². The van der Waals surface area contributed by atoms with Crippen LogP contribution in [-0.2, 0) is 18.1 Å². The molecule has 0 aromatic rings. The van der Waals surface area contributed by atoms with Crippen LogP contribution >= 0.6 is 7.82 Å². The standard InChI is InChI=1S/C20H41N2O4P/c1-5-9-12-13-14-15-22-17-16-21(8-4)20(22)26-27(23,24-18-10-6-2)25-19-11-7-3/h16-17,20H,5-15,18-19H2,1-4H3. The normalized spacial score (nSPS) is 17.3. The maximum atomic E-state index is 13.2. The largest absolute Gasteiger partial charge is 0.478 e. The summed E-state index contributed by atoms with van der Waals surface area (Å²) in [6.45, 7) is 10.9. The van der Waals surface area contributed by atoms with Crippen LogP contribution in [0.4, 0.5) is 0 Å². The van der Waals surface area contributed by atoms with Crippen LogP contribution in [0.5, 0.6) is 0 Å². The highest BCUT2D eigenvalue weighted by Crippen LogP contribution is 2.52. The van der Waals surface area contributed by atoms with E-state index in [1.165, 1.54) is 25.7 Å². The second-order valence-corrected chi connectivity index (χ2v) is 8.65. The van der Waals surface area contributed by atoms with Gasteiger partial charge in [0.25, 0.3) is 0 Å². The molecular formula is C20H41N2O4P. The van der Waals surface area contributed by atoms with Crippen molar-refractivity contribution in [1.29, 1.82) is 0 Å². The maximum absolute atomic E-state index is 13.2. The fraction of sp³-hybridized carbons (Fsp3) is 0.900. The smallest absolute Gasteiger partial charge is 0.334 e. The van der Waals surface area contributed by atoms with Gasteiger partial charge in [-0.25, -0.2) is 9.09 Å². The molecule has 1 unspecified atom stereocenters. The molecule has 0 aromatic carbocycles. The summed E-state index contributed by atoms with van der Waals surface area (Å²) in [7, 11) is -3.59. The minimum absolute atomic E-state index is 0.392. The Balaban J connectivity index is 2.66. The van der Waals surface area contributed by atoms with Crippen molar-refractivity contribution in [2.24, 2.45) is 0 Å². The number of unbranched alkanes of at least 4 members (excludes halogenated alkanes) is 6. The van der Waals surface area contributed by atoms with E-state index in [4.69, 9.17) is 13.6 Å². The quantitative estimate of drug-likeness (QED) is 0.215. The molecule has 0 amide bonds. The van der Waals surface area contributed by atoms with E-state index >= 15 is 0 Å². The number of hydrogen-bond acceptors (Lipinski definition) is 6. The van der Waals surface area contributed by atoms with Crippen LogP contribution in [-0.4, -0.2) is 42.5 Å². The van der Waals surface area contributed by atoms with Crippen molar-refractivity contribution in [2.45, 2.75) is 91.8 Å². The Bertz CT molecular complexity index is 434. The van der Waals surface area contributed by atoms with E-state index in [-0.39, 0.29) is 0 Å². The summed E-state index contributed by atoms with van der Waals surface area (Å²) in [5, 5.41) is 0. The molecule has 0 saturated heterocycles. The number of phosphoric ester groups is 1. The number of nitrogens with zero attached hydrogens (tertiary/aromatic N) is 2. The first-order valence-corrected chi connectivity index (χ1v) is 12.3. The van der Waals surface area contributed by atoms with Gasteiger partial charge >= 0.3 is 7.82 Å². The zero-order valence-electron chi connectivity index (χ0n) is 17.9. The SMILES string of the molecule is CCCCCCCN1C=CN(CC)C1OP(=O)(OCCCC)OCCCC. The Labute approximate surface area is 166 Å². The molecule has 0 aliphatic carbocycles. The van der Waals surface area contributed by atoms with E-state index in [1.54, 1.807) is 0 Å². The Morgan fingerprint density at radius 3 is 1.89 bits per heavy atom. The minimum Gasteiger partial charge on any atom is -0.334 e. The first kappa shape index (κ1) is 24.5. The van der Waals surface area contributed by atoms with Crippen LogP contribution < -0.4 is 0 Å². The van der Waals surface area contributed by atoms with Crippen LogP contribution in [0, 0.1) is 0 Å². The average molecular weight is 405 g/mol. The van der Waals surface area contributed by atoms with Crippen molar-refractivity contribution in [3.05, 3.63) is 12.4 Å². The molecular weight excluding hydrogens is 363 g/mol. The molecule has 0 spiro atoms. The van der Waals surface area contributed by atoms with Crippen LogP contribution in [0.25, 0.3) is 0 Å². The van der Waals surface area contributed by atoms with Gasteiger partial charge in [0.15, 0.2) is 0 Å². The van der Waals surface area contributed by atoms with Crippen molar-refractivity contribution in [3.8, 4) is 0 Å². The molecule has 7 heteroatoms. The van der Waals surface area contributed by atoms with Gasteiger partial charge in [-0.05, 0) is 26.2 Å². The fourth-order valence-corrected chi connectivity index (χ4v) is 4.20. The third-order valence-corrected chi connectivity index (χ3v) is 6.06. The number of rotatable bonds is 17. The highest BCUT2D eigenvalue weighted by Gasteiger charge is 2.37. The lowest BCUT2D eigenvalue weighted by Gasteiger charge is -2.33. The first-order chi connectivity index (χ1) is 13.1. The fourth-order valence-electron chi connectivity index (χ4n) is 2.83. The molecule has 0 fully saturated rings. The van der Waals surface area contributed by atoms with Crippen molar-refractivity contribution in [1.82, 2.24) is 9.80 Å². The second kappa shape index (κ2) is 14.4.